The molecule has 0 fully saturated rings. The van der Waals surface area contributed by atoms with Crippen LogP contribution in [0.15, 0.2) is 36.7 Å². The first-order valence-electron chi connectivity index (χ1n) is 8.86. The normalized spacial score (nSPS) is 12.0. The average Bonchev–Trinajstić information content (AvgIpc) is 3.07. The molecule has 0 bridgehead atoms. The molecule has 0 aliphatic heterocycles. The number of hydrogen-bond acceptors (Lipinski definition) is 4. The molecule has 2 aromatic rings. The Morgan fingerprint density at radius 1 is 1.33 bits per heavy atom. The Labute approximate surface area is 164 Å². The van der Waals surface area contributed by atoms with E-state index in [0.717, 1.165) is 17.1 Å². The zero-order valence-electron chi connectivity index (χ0n) is 15.9. The molecule has 1 unspecified atom stereocenters. The van der Waals surface area contributed by atoms with Crippen molar-refractivity contribution in [1.82, 2.24) is 14.9 Å². The molecule has 0 aliphatic rings. The summed E-state index contributed by atoms with van der Waals surface area (Å²) in [6.45, 7) is 4.89. The lowest BCUT2D eigenvalue weighted by Crippen LogP contribution is -2.46. The van der Waals surface area contributed by atoms with E-state index >= 15 is 0 Å². The van der Waals surface area contributed by atoms with Gasteiger partial charge in [-0.2, -0.15) is 11.8 Å². The third-order valence-electron chi connectivity index (χ3n) is 4.06. The van der Waals surface area contributed by atoms with Crippen LogP contribution >= 0.6 is 11.8 Å². The summed E-state index contributed by atoms with van der Waals surface area (Å²) in [5.74, 6) is 1.83. The van der Waals surface area contributed by atoms with Gasteiger partial charge in [-0.25, -0.2) is 9.78 Å². The van der Waals surface area contributed by atoms with E-state index in [2.05, 4.69) is 34.0 Å². The van der Waals surface area contributed by atoms with E-state index in [9.17, 15) is 9.59 Å². The van der Waals surface area contributed by atoms with Gasteiger partial charge in [0, 0.05) is 30.5 Å². The molecule has 27 heavy (non-hydrogen) atoms. The first-order chi connectivity index (χ1) is 12.9. The highest BCUT2D eigenvalue weighted by atomic mass is 32.2. The number of carbonyl (C=O) groups is 2. The Bertz CT molecular complexity index is 775. The summed E-state index contributed by atoms with van der Waals surface area (Å²) < 4.78 is 2.10. The lowest BCUT2D eigenvalue weighted by atomic mass is 10.1. The van der Waals surface area contributed by atoms with Crippen molar-refractivity contribution in [3.63, 3.8) is 0 Å². The third-order valence-corrected chi connectivity index (χ3v) is 4.70. The first kappa shape index (κ1) is 20.8. The van der Waals surface area contributed by atoms with E-state index in [1.807, 2.05) is 36.7 Å². The topological polar surface area (TPSA) is 102 Å². The Kier molecular flexibility index (Phi) is 7.72. The predicted octanol–water partition coefficient (Wildman–Crippen LogP) is 2.78. The Morgan fingerprint density at radius 2 is 2.11 bits per heavy atom. The number of aromatic nitrogens is 2. The highest BCUT2D eigenvalue weighted by molar-refractivity contribution is 7.98. The summed E-state index contributed by atoms with van der Waals surface area (Å²) in [5.41, 5.74) is 6.93. The fourth-order valence-corrected chi connectivity index (χ4v) is 3.28. The van der Waals surface area contributed by atoms with Gasteiger partial charge in [0.2, 0.25) is 5.91 Å². The SMILES string of the molecule is CSCCC(NC(N)=O)C(=O)Nc1cccc(Cn2ccnc2C(C)C)c1. The molecule has 1 heterocycles. The molecule has 1 aromatic heterocycles. The minimum Gasteiger partial charge on any atom is -0.352 e. The van der Waals surface area contributed by atoms with Crippen molar-refractivity contribution in [3.05, 3.63) is 48.0 Å². The van der Waals surface area contributed by atoms with Crippen LogP contribution in [0.2, 0.25) is 0 Å². The quantitative estimate of drug-likeness (QED) is 0.614. The number of nitrogens with two attached hydrogens (primary N) is 1. The lowest BCUT2D eigenvalue weighted by Gasteiger charge is -2.17. The zero-order chi connectivity index (χ0) is 19.8. The van der Waals surface area contributed by atoms with Gasteiger partial charge in [0.15, 0.2) is 0 Å². The van der Waals surface area contributed by atoms with Crippen molar-refractivity contribution in [2.45, 2.75) is 38.8 Å². The van der Waals surface area contributed by atoms with E-state index in [-0.39, 0.29) is 5.91 Å². The number of amides is 3. The number of carbonyl (C=O) groups excluding carboxylic acids is 2. The predicted molar refractivity (Wildman–Crippen MR) is 110 cm³/mol. The fourth-order valence-electron chi connectivity index (χ4n) is 2.80. The van der Waals surface area contributed by atoms with Crippen molar-refractivity contribution in [2.75, 3.05) is 17.3 Å². The number of imidazole rings is 1. The summed E-state index contributed by atoms with van der Waals surface area (Å²) in [6.07, 6.45) is 6.22. The molecule has 1 atom stereocenters. The second kappa shape index (κ2) is 10.0. The van der Waals surface area contributed by atoms with E-state index in [1.165, 1.54) is 0 Å². The third kappa shape index (κ3) is 6.32. The van der Waals surface area contributed by atoms with Gasteiger partial charge in [-0.3, -0.25) is 4.79 Å². The largest absolute Gasteiger partial charge is 0.352 e. The number of anilines is 1. The molecule has 0 aliphatic carbocycles. The van der Waals surface area contributed by atoms with Gasteiger partial charge in [0.25, 0.3) is 0 Å². The van der Waals surface area contributed by atoms with E-state index in [1.54, 1.807) is 18.0 Å². The van der Waals surface area contributed by atoms with Gasteiger partial charge in [0.05, 0.1) is 0 Å². The second-order valence-electron chi connectivity index (χ2n) is 6.60. The standard InChI is InChI=1S/C19H27N5O2S/c1-13(2)17-21-8-9-24(17)12-14-5-4-6-15(11-14)22-18(25)16(7-10-27-3)23-19(20)26/h4-6,8-9,11,13,16H,7,10,12H2,1-3H3,(H,22,25)(H3,20,23,26). The van der Waals surface area contributed by atoms with Crippen molar-refractivity contribution >= 4 is 29.4 Å². The number of primary amides is 1. The maximum Gasteiger partial charge on any atom is 0.312 e. The molecule has 146 valence electrons. The number of thioether (sulfide) groups is 1. The van der Waals surface area contributed by atoms with Gasteiger partial charge in [-0.1, -0.05) is 26.0 Å². The van der Waals surface area contributed by atoms with Crippen LogP contribution < -0.4 is 16.4 Å². The molecule has 2 rings (SSSR count). The van der Waals surface area contributed by atoms with Crippen molar-refractivity contribution in [2.24, 2.45) is 5.73 Å². The monoisotopic (exact) mass is 389 g/mol. The lowest BCUT2D eigenvalue weighted by molar-refractivity contribution is -0.117. The van der Waals surface area contributed by atoms with Crippen LogP contribution in [0, 0.1) is 0 Å². The molecular formula is C19H27N5O2S. The molecule has 3 amide bonds. The van der Waals surface area contributed by atoms with Gasteiger partial charge in [0.1, 0.15) is 11.9 Å². The highest BCUT2D eigenvalue weighted by Crippen LogP contribution is 2.17. The zero-order valence-corrected chi connectivity index (χ0v) is 16.8. The van der Waals surface area contributed by atoms with Crippen LogP contribution in [0.3, 0.4) is 0 Å². The number of hydrogen-bond donors (Lipinski definition) is 3. The second-order valence-corrected chi connectivity index (χ2v) is 7.59. The smallest absolute Gasteiger partial charge is 0.312 e. The molecule has 8 heteroatoms. The minimum absolute atomic E-state index is 0.273. The molecule has 0 saturated carbocycles. The summed E-state index contributed by atoms with van der Waals surface area (Å²) >= 11 is 1.61. The Morgan fingerprint density at radius 3 is 2.78 bits per heavy atom. The molecule has 0 spiro atoms. The maximum atomic E-state index is 12.5. The average molecular weight is 390 g/mol. The number of nitrogens with zero attached hydrogens (tertiary/aromatic N) is 2. The number of benzene rings is 1. The van der Waals surface area contributed by atoms with Crippen molar-refractivity contribution in [3.8, 4) is 0 Å². The van der Waals surface area contributed by atoms with E-state index in [4.69, 9.17) is 5.73 Å². The first-order valence-corrected chi connectivity index (χ1v) is 10.3. The van der Waals surface area contributed by atoms with E-state index in [0.29, 0.717) is 24.6 Å². The molecule has 1 aromatic carbocycles. The van der Waals surface area contributed by atoms with Crippen LogP contribution in [-0.4, -0.2) is 39.5 Å². The van der Waals surface area contributed by atoms with Crippen LogP contribution in [-0.2, 0) is 11.3 Å². The molecule has 0 radical (unpaired) electrons. The summed E-state index contributed by atoms with van der Waals surface area (Å²) in [4.78, 5) is 28.1. The van der Waals surface area contributed by atoms with Crippen LogP contribution in [0.25, 0.3) is 0 Å². The molecule has 0 saturated heterocycles. The molecule has 7 nitrogen and oxygen atoms in total. The number of nitrogens with one attached hydrogen (secondary N) is 2. The molecular weight excluding hydrogens is 362 g/mol. The number of urea groups is 1. The van der Waals surface area contributed by atoms with Crippen LogP contribution in [0.5, 0.6) is 0 Å². The molecule has 4 N–H and O–H groups in total. The summed E-state index contributed by atoms with van der Waals surface area (Å²) in [7, 11) is 0. The Balaban J connectivity index is 2.08. The van der Waals surface area contributed by atoms with Crippen molar-refractivity contribution < 1.29 is 9.59 Å². The van der Waals surface area contributed by atoms with Gasteiger partial charge in [-0.15, -0.1) is 0 Å². The summed E-state index contributed by atoms with van der Waals surface area (Å²) in [6, 6.07) is 6.31. The van der Waals surface area contributed by atoms with E-state index < -0.39 is 12.1 Å². The van der Waals surface area contributed by atoms with Crippen LogP contribution in [0.1, 0.15) is 37.6 Å². The van der Waals surface area contributed by atoms with Crippen LogP contribution in [0.4, 0.5) is 10.5 Å². The highest BCUT2D eigenvalue weighted by Gasteiger charge is 2.19. The summed E-state index contributed by atoms with van der Waals surface area (Å²) in [5, 5.41) is 5.38. The maximum absolute atomic E-state index is 12.5. The number of rotatable bonds is 9. The Hall–Kier alpha value is -2.48. The van der Waals surface area contributed by atoms with Crippen molar-refractivity contribution in [1.29, 1.82) is 0 Å². The van der Waals surface area contributed by atoms with Gasteiger partial charge >= 0.3 is 6.03 Å². The van der Waals surface area contributed by atoms with Gasteiger partial charge < -0.3 is 20.9 Å². The minimum atomic E-state index is -0.702. The fraction of sp³-hybridized carbons (Fsp3) is 0.421. The van der Waals surface area contributed by atoms with Gasteiger partial charge in [-0.05, 0) is 36.1 Å².